The van der Waals surface area contributed by atoms with Crippen LogP contribution in [0.25, 0.3) is 0 Å². The summed E-state index contributed by atoms with van der Waals surface area (Å²) in [6.07, 6.45) is 15.1. The first-order chi connectivity index (χ1) is 11.3. The average molecular weight is 445 g/mol. The lowest BCUT2D eigenvalue weighted by Gasteiger charge is -2.44. The van der Waals surface area contributed by atoms with Gasteiger partial charge in [0.2, 0.25) is 0 Å². The van der Waals surface area contributed by atoms with E-state index in [0.29, 0.717) is 5.41 Å². The van der Waals surface area contributed by atoms with Gasteiger partial charge >= 0.3 is 0 Å². The summed E-state index contributed by atoms with van der Waals surface area (Å²) in [7, 11) is 1.91. The molecule has 1 aliphatic heterocycles. The third kappa shape index (κ3) is 5.10. The molecule has 1 spiro atoms. The van der Waals surface area contributed by atoms with Crippen LogP contribution in [0.3, 0.4) is 0 Å². The molecule has 2 aliphatic rings. The minimum atomic E-state index is 0. The summed E-state index contributed by atoms with van der Waals surface area (Å²) in [5.41, 5.74) is 0.550. The van der Waals surface area contributed by atoms with Crippen molar-refractivity contribution in [3.05, 3.63) is 18.5 Å². The first kappa shape index (κ1) is 19.5. The summed E-state index contributed by atoms with van der Waals surface area (Å²) in [5, 5.41) is 7.78. The van der Waals surface area contributed by atoms with Crippen molar-refractivity contribution in [3.8, 4) is 0 Å². The monoisotopic (exact) mass is 445 g/mol. The van der Waals surface area contributed by atoms with Crippen LogP contribution in [0.15, 0.2) is 23.5 Å². The number of hydrogen-bond donors (Lipinski definition) is 1. The Bertz CT molecular complexity index is 492. The average Bonchev–Trinajstić information content (AvgIpc) is 2.99. The summed E-state index contributed by atoms with van der Waals surface area (Å²) < 4.78 is 1.96. The highest BCUT2D eigenvalue weighted by molar-refractivity contribution is 14.0. The van der Waals surface area contributed by atoms with E-state index < -0.39 is 0 Å². The first-order valence-electron chi connectivity index (χ1n) is 9.24. The molecule has 0 amide bonds. The molecule has 0 aromatic carbocycles. The quantitative estimate of drug-likeness (QED) is 0.440. The standard InChI is InChI=1S/C18H31N5.HI/c1-19-17(20-12-15-23-14-7-11-21-23)22-13-6-10-18(16-22)8-4-2-3-5-9-18;/h7,11,14H,2-6,8-10,12-13,15-16H2,1H3,(H,19,20);1H. The zero-order chi connectivity index (χ0) is 16.0. The van der Waals surface area contributed by atoms with Crippen molar-refractivity contribution in [2.24, 2.45) is 10.4 Å². The summed E-state index contributed by atoms with van der Waals surface area (Å²) in [5.74, 6) is 1.07. The van der Waals surface area contributed by atoms with Crippen molar-refractivity contribution < 1.29 is 0 Å². The van der Waals surface area contributed by atoms with Crippen molar-refractivity contribution in [3.63, 3.8) is 0 Å². The molecule has 0 radical (unpaired) electrons. The van der Waals surface area contributed by atoms with Gasteiger partial charge in [-0.2, -0.15) is 5.10 Å². The molecule has 5 nitrogen and oxygen atoms in total. The molecule has 24 heavy (non-hydrogen) atoms. The Balaban J connectivity index is 0.00000208. The van der Waals surface area contributed by atoms with E-state index in [4.69, 9.17) is 0 Å². The number of guanidine groups is 1. The van der Waals surface area contributed by atoms with Crippen LogP contribution in [0.2, 0.25) is 0 Å². The van der Waals surface area contributed by atoms with Crippen LogP contribution in [0.1, 0.15) is 51.4 Å². The van der Waals surface area contributed by atoms with E-state index in [9.17, 15) is 0 Å². The van der Waals surface area contributed by atoms with E-state index in [2.05, 4.69) is 20.3 Å². The highest BCUT2D eigenvalue weighted by Crippen LogP contribution is 2.42. The largest absolute Gasteiger partial charge is 0.354 e. The number of aliphatic imine (C=N–C) groups is 1. The number of halogens is 1. The second kappa shape index (κ2) is 9.63. The molecular weight excluding hydrogens is 413 g/mol. The maximum Gasteiger partial charge on any atom is 0.193 e. The van der Waals surface area contributed by atoms with Crippen molar-refractivity contribution in [1.29, 1.82) is 0 Å². The SMILES string of the molecule is CN=C(NCCn1cccn1)N1CCCC2(CCCCCC2)C1.I. The van der Waals surface area contributed by atoms with Crippen LogP contribution in [-0.4, -0.2) is 47.3 Å². The molecule has 0 bridgehead atoms. The van der Waals surface area contributed by atoms with E-state index in [1.165, 1.54) is 57.9 Å². The Morgan fingerprint density at radius 2 is 1.92 bits per heavy atom. The highest BCUT2D eigenvalue weighted by Gasteiger charge is 2.36. The van der Waals surface area contributed by atoms with Crippen LogP contribution in [0.5, 0.6) is 0 Å². The number of piperidine rings is 1. The van der Waals surface area contributed by atoms with Crippen LogP contribution in [-0.2, 0) is 6.54 Å². The fourth-order valence-corrected chi connectivity index (χ4v) is 4.32. The predicted molar refractivity (Wildman–Crippen MR) is 110 cm³/mol. The molecule has 2 heterocycles. The first-order valence-corrected chi connectivity index (χ1v) is 9.24. The van der Waals surface area contributed by atoms with Crippen molar-refractivity contribution in [2.75, 3.05) is 26.7 Å². The summed E-state index contributed by atoms with van der Waals surface area (Å²) in [6, 6.07) is 1.97. The molecule has 0 unspecified atom stereocenters. The molecule has 0 atom stereocenters. The third-order valence-corrected chi connectivity index (χ3v) is 5.52. The molecule has 1 aromatic rings. The number of nitrogens with zero attached hydrogens (tertiary/aromatic N) is 4. The Hall–Kier alpha value is -0.790. The van der Waals surface area contributed by atoms with Gasteiger partial charge < -0.3 is 10.2 Å². The smallest absolute Gasteiger partial charge is 0.193 e. The highest BCUT2D eigenvalue weighted by atomic mass is 127. The Labute approximate surface area is 163 Å². The van der Waals surface area contributed by atoms with Gasteiger partial charge in [0.15, 0.2) is 5.96 Å². The normalized spacial score (nSPS) is 21.2. The van der Waals surface area contributed by atoms with E-state index in [-0.39, 0.29) is 24.0 Å². The van der Waals surface area contributed by atoms with E-state index >= 15 is 0 Å². The summed E-state index contributed by atoms with van der Waals surface area (Å²) >= 11 is 0. The van der Waals surface area contributed by atoms with Gasteiger partial charge in [-0.05, 0) is 37.2 Å². The van der Waals surface area contributed by atoms with Gasteiger partial charge in [-0.1, -0.05) is 25.7 Å². The number of rotatable bonds is 3. The minimum Gasteiger partial charge on any atom is -0.354 e. The number of aromatic nitrogens is 2. The number of likely N-dealkylation sites (tertiary alicyclic amines) is 1. The molecule has 1 aromatic heterocycles. The van der Waals surface area contributed by atoms with E-state index in [1.807, 2.05) is 30.2 Å². The van der Waals surface area contributed by atoms with Gasteiger partial charge in [0.25, 0.3) is 0 Å². The van der Waals surface area contributed by atoms with Gasteiger partial charge in [-0.25, -0.2) is 0 Å². The molecule has 1 saturated heterocycles. The second-order valence-electron chi connectivity index (χ2n) is 7.18. The minimum absolute atomic E-state index is 0. The zero-order valence-corrected chi connectivity index (χ0v) is 17.2. The van der Waals surface area contributed by atoms with Crippen LogP contribution < -0.4 is 5.32 Å². The maximum absolute atomic E-state index is 4.53. The van der Waals surface area contributed by atoms with Gasteiger partial charge in [0.05, 0.1) is 6.54 Å². The lowest BCUT2D eigenvalue weighted by Crippen LogP contribution is -2.51. The lowest BCUT2D eigenvalue weighted by molar-refractivity contribution is 0.115. The summed E-state index contributed by atoms with van der Waals surface area (Å²) in [6.45, 7) is 4.08. The topological polar surface area (TPSA) is 45.5 Å². The fraction of sp³-hybridized carbons (Fsp3) is 0.778. The van der Waals surface area contributed by atoms with E-state index in [0.717, 1.165) is 25.6 Å². The van der Waals surface area contributed by atoms with Crippen LogP contribution in [0, 0.1) is 5.41 Å². The van der Waals surface area contributed by atoms with Gasteiger partial charge in [-0.15, -0.1) is 24.0 Å². The van der Waals surface area contributed by atoms with Crippen LogP contribution >= 0.6 is 24.0 Å². The molecule has 2 fully saturated rings. The van der Waals surface area contributed by atoms with Gasteiger partial charge in [0, 0.05) is 39.1 Å². The molecular formula is C18H32IN5. The second-order valence-corrected chi connectivity index (χ2v) is 7.18. The lowest BCUT2D eigenvalue weighted by atomic mass is 9.74. The summed E-state index contributed by atoms with van der Waals surface area (Å²) in [4.78, 5) is 7.03. The number of nitrogens with one attached hydrogen (secondary N) is 1. The molecule has 1 N–H and O–H groups in total. The maximum atomic E-state index is 4.53. The third-order valence-electron chi connectivity index (χ3n) is 5.52. The van der Waals surface area contributed by atoms with Crippen molar-refractivity contribution in [1.82, 2.24) is 20.0 Å². The number of hydrogen-bond acceptors (Lipinski definition) is 2. The predicted octanol–water partition coefficient (Wildman–Crippen LogP) is 3.51. The van der Waals surface area contributed by atoms with Crippen LogP contribution in [0.4, 0.5) is 0 Å². The molecule has 1 saturated carbocycles. The molecule has 1 aliphatic carbocycles. The molecule has 6 heteroatoms. The molecule has 136 valence electrons. The van der Waals surface area contributed by atoms with Crippen molar-refractivity contribution >= 4 is 29.9 Å². The van der Waals surface area contributed by atoms with Gasteiger partial charge in [0.1, 0.15) is 0 Å². The Morgan fingerprint density at radius 3 is 2.58 bits per heavy atom. The Kier molecular flexibility index (Phi) is 7.84. The molecule has 3 rings (SSSR count). The van der Waals surface area contributed by atoms with E-state index in [1.54, 1.807) is 0 Å². The van der Waals surface area contributed by atoms with Gasteiger partial charge in [-0.3, -0.25) is 9.67 Å². The van der Waals surface area contributed by atoms with Crippen molar-refractivity contribution in [2.45, 2.75) is 57.9 Å². The fourth-order valence-electron chi connectivity index (χ4n) is 4.32. The zero-order valence-electron chi connectivity index (χ0n) is 14.9. The Morgan fingerprint density at radius 1 is 1.17 bits per heavy atom.